The topological polar surface area (TPSA) is 88.1 Å². The minimum absolute atomic E-state index is 0.311. The van der Waals surface area contributed by atoms with E-state index < -0.39 is 0 Å². The van der Waals surface area contributed by atoms with Gasteiger partial charge in [-0.25, -0.2) is 0 Å². The lowest BCUT2D eigenvalue weighted by Gasteiger charge is -2.10. The second-order valence-corrected chi connectivity index (χ2v) is 4.56. The summed E-state index contributed by atoms with van der Waals surface area (Å²) in [6.45, 7) is 1.90. The van der Waals surface area contributed by atoms with Gasteiger partial charge in [0, 0.05) is 11.3 Å². The van der Waals surface area contributed by atoms with Gasteiger partial charge < -0.3 is 15.8 Å². The van der Waals surface area contributed by atoms with Crippen molar-refractivity contribution in [2.24, 2.45) is 0 Å². The first-order valence-corrected chi connectivity index (χ1v) is 6.30. The van der Waals surface area contributed by atoms with E-state index in [1.807, 2.05) is 19.1 Å². The minimum Gasteiger partial charge on any atom is -0.496 e. The number of benzene rings is 2. The number of anilines is 2. The van der Waals surface area contributed by atoms with Crippen molar-refractivity contribution in [3.63, 3.8) is 0 Å². The standard InChI is InChI=1S/C16H15N3O2/c1-10-3-4-11(8-15(10)21-2)16(20)19-14-6-5-13(18)7-12(14)9-17/h3-8H,18H2,1-2H3,(H,19,20). The molecular weight excluding hydrogens is 266 g/mol. The van der Waals surface area contributed by atoms with Gasteiger partial charge in [0.1, 0.15) is 11.8 Å². The van der Waals surface area contributed by atoms with Crippen molar-refractivity contribution in [3.05, 3.63) is 53.1 Å². The molecule has 2 aromatic rings. The van der Waals surface area contributed by atoms with Gasteiger partial charge in [0.2, 0.25) is 0 Å². The van der Waals surface area contributed by atoms with E-state index in [0.717, 1.165) is 5.56 Å². The van der Waals surface area contributed by atoms with Gasteiger partial charge in [0.15, 0.2) is 0 Å². The fourth-order valence-corrected chi connectivity index (χ4v) is 1.92. The number of hydrogen-bond acceptors (Lipinski definition) is 4. The number of carbonyl (C=O) groups is 1. The third kappa shape index (κ3) is 3.12. The van der Waals surface area contributed by atoms with Crippen LogP contribution in [0.25, 0.3) is 0 Å². The third-order valence-electron chi connectivity index (χ3n) is 3.08. The normalized spacial score (nSPS) is 9.76. The number of aryl methyl sites for hydroxylation is 1. The first-order chi connectivity index (χ1) is 10.0. The number of nitrogen functional groups attached to an aromatic ring is 1. The lowest BCUT2D eigenvalue weighted by Crippen LogP contribution is -2.13. The molecule has 21 heavy (non-hydrogen) atoms. The molecule has 0 aliphatic heterocycles. The zero-order valence-electron chi connectivity index (χ0n) is 11.8. The molecule has 0 fully saturated rings. The zero-order valence-corrected chi connectivity index (χ0v) is 11.8. The van der Waals surface area contributed by atoms with Gasteiger partial charge in [0.05, 0.1) is 18.4 Å². The quantitative estimate of drug-likeness (QED) is 0.847. The summed E-state index contributed by atoms with van der Waals surface area (Å²) < 4.78 is 5.20. The van der Waals surface area contributed by atoms with Gasteiger partial charge in [-0.1, -0.05) is 6.07 Å². The highest BCUT2D eigenvalue weighted by molar-refractivity contribution is 6.05. The molecule has 0 saturated carbocycles. The maximum absolute atomic E-state index is 12.2. The average Bonchev–Trinajstić information content (AvgIpc) is 2.49. The summed E-state index contributed by atoms with van der Waals surface area (Å²) in [6.07, 6.45) is 0. The molecule has 0 atom stereocenters. The van der Waals surface area contributed by atoms with Crippen LogP contribution >= 0.6 is 0 Å². The van der Waals surface area contributed by atoms with E-state index in [2.05, 4.69) is 5.32 Å². The Kier molecular flexibility index (Phi) is 4.10. The van der Waals surface area contributed by atoms with Gasteiger partial charge in [-0.05, 0) is 42.8 Å². The summed E-state index contributed by atoms with van der Waals surface area (Å²) in [5, 5.41) is 11.8. The maximum atomic E-state index is 12.2. The number of nitrogens with two attached hydrogens (primary N) is 1. The van der Waals surface area contributed by atoms with Crippen LogP contribution in [0, 0.1) is 18.3 Å². The van der Waals surface area contributed by atoms with E-state index in [1.165, 1.54) is 6.07 Å². The molecule has 1 amide bonds. The molecule has 106 valence electrons. The second-order valence-electron chi connectivity index (χ2n) is 4.56. The van der Waals surface area contributed by atoms with Crippen molar-refractivity contribution in [1.82, 2.24) is 0 Å². The summed E-state index contributed by atoms with van der Waals surface area (Å²) in [5.41, 5.74) is 8.24. The van der Waals surface area contributed by atoms with Crippen LogP contribution in [0.5, 0.6) is 5.75 Å². The Morgan fingerprint density at radius 3 is 2.71 bits per heavy atom. The number of nitrogens with zero attached hydrogens (tertiary/aromatic N) is 1. The van der Waals surface area contributed by atoms with E-state index in [-0.39, 0.29) is 5.91 Å². The molecule has 0 bridgehead atoms. The molecule has 2 aromatic carbocycles. The fraction of sp³-hybridized carbons (Fsp3) is 0.125. The number of carbonyl (C=O) groups excluding carboxylic acids is 1. The largest absolute Gasteiger partial charge is 0.496 e. The van der Waals surface area contributed by atoms with Crippen LogP contribution in [-0.2, 0) is 0 Å². The first-order valence-electron chi connectivity index (χ1n) is 6.30. The van der Waals surface area contributed by atoms with Crippen LogP contribution in [-0.4, -0.2) is 13.0 Å². The molecule has 0 radical (unpaired) electrons. The molecule has 0 saturated heterocycles. The van der Waals surface area contributed by atoms with Crippen molar-refractivity contribution in [2.45, 2.75) is 6.92 Å². The highest BCUT2D eigenvalue weighted by atomic mass is 16.5. The van der Waals surface area contributed by atoms with Crippen LogP contribution < -0.4 is 15.8 Å². The maximum Gasteiger partial charge on any atom is 0.255 e. The van der Waals surface area contributed by atoms with Crippen molar-refractivity contribution in [2.75, 3.05) is 18.2 Å². The van der Waals surface area contributed by atoms with Crippen LogP contribution in [0.1, 0.15) is 21.5 Å². The van der Waals surface area contributed by atoms with Crippen molar-refractivity contribution in [1.29, 1.82) is 5.26 Å². The number of ether oxygens (including phenoxy) is 1. The molecular formula is C16H15N3O2. The smallest absolute Gasteiger partial charge is 0.255 e. The summed E-state index contributed by atoms with van der Waals surface area (Å²) in [6, 6.07) is 11.9. The van der Waals surface area contributed by atoms with Gasteiger partial charge >= 0.3 is 0 Å². The Morgan fingerprint density at radius 1 is 1.29 bits per heavy atom. The van der Waals surface area contributed by atoms with Crippen LogP contribution in [0.3, 0.4) is 0 Å². The summed E-state index contributed by atoms with van der Waals surface area (Å²) >= 11 is 0. The van der Waals surface area contributed by atoms with E-state index in [0.29, 0.717) is 28.3 Å². The van der Waals surface area contributed by atoms with E-state index >= 15 is 0 Å². The van der Waals surface area contributed by atoms with Crippen LogP contribution in [0.15, 0.2) is 36.4 Å². The van der Waals surface area contributed by atoms with Crippen LogP contribution in [0.4, 0.5) is 11.4 Å². The Morgan fingerprint density at radius 2 is 2.05 bits per heavy atom. The van der Waals surface area contributed by atoms with Crippen molar-refractivity contribution >= 4 is 17.3 Å². The molecule has 0 aliphatic carbocycles. The Hall–Kier alpha value is -3.00. The highest BCUT2D eigenvalue weighted by Crippen LogP contribution is 2.22. The number of rotatable bonds is 3. The predicted molar refractivity (Wildman–Crippen MR) is 81.3 cm³/mol. The Labute approximate surface area is 123 Å². The molecule has 0 heterocycles. The van der Waals surface area contributed by atoms with Crippen LogP contribution in [0.2, 0.25) is 0 Å². The second kappa shape index (κ2) is 5.97. The molecule has 2 rings (SSSR count). The molecule has 0 unspecified atom stereocenters. The number of nitrogens with one attached hydrogen (secondary N) is 1. The van der Waals surface area contributed by atoms with E-state index in [1.54, 1.807) is 31.4 Å². The van der Waals surface area contributed by atoms with Crippen molar-refractivity contribution in [3.8, 4) is 11.8 Å². The summed E-state index contributed by atoms with van der Waals surface area (Å²) in [5.74, 6) is 0.329. The van der Waals surface area contributed by atoms with Gasteiger partial charge in [0.25, 0.3) is 5.91 Å². The monoisotopic (exact) mass is 281 g/mol. The molecule has 0 spiro atoms. The first kappa shape index (κ1) is 14.4. The third-order valence-corrected chi connectivity index (χ3v) is 3.08. The summed E-state index contributed by atoms with van der Waals surface area (Å²) in [4.78, 5) is 12.2. The number of amides is 1. The van der Waals surface area contributed by atoms with E-state index in [9.17, 15) is 4.79 Å². The summed E-state index contributed by atoms with van der Waals surface area (Å²) in [7, 11) is 1.55. The van der Waals surface area contributed by atoms with E-state index in [4.69, 9.17) is 15.7 Å². The minimum atomic E-state index is -0.311. The van der Waals surface area contributed by atoms with Gasteiger partial charge in [-0.3, -0.25) is 4.79 Å². The zero-order chi connectivity index (χ0) is 15.4. The van der Waals surface area contributed by atoms with Gasteiger partial charge in [-0.15, -0.1) is 0 Å². The SMILES string of the molecule is COc1cc(C(=O)Nc2ccc(N)cc2C#N)ccc1C. The Balaban J connectivity index is 2.28. The average molecular weight is 281 g/mol. The number of hydrogen-bond donors (Lipinski definition) is 2. The van der Waals surface area contributed by atoms with Gasteiger partial charge in [-0.2, -0.15) is 5.26 Å². The fourth-order valence-electron chi connectivity index (χ4n) is 1.92. The molecule has 5 nitrogen and oxygen atoms in total. The molecule has 3 N–H and O–H groups in total. The molecule has 0 aromatic heterocycles. The Bertz CT molecular complexity index is 733. The molecule has 0 aliphatic rings. The lowest BCUT2D eigenvalue weighted by molar-refractivity contribution is 0.102. The predicted octanol–water partition coefficient (Wildman–Crippen LogP) is 2.71. The lowest BCUT2D eigenvalue weighted by atomic mass is 10.1. The van der Waals surface area contributed by atoms with Crippen molar-refractivity contribution < 1.29 is 9.53 Å². The highest BCUT2D eigenvalue weighted by Gasteiger charge is 2.11. The number of nitriles is 1. The molecule has 5 heteroatoms. The number of methoxy groups -OCH3 is 1.